The van der Waals surface area contributed by atoms with Crippen molar-refractivity contribution in [3.63, 3.8) is 0 Å². The molecule has 1 heterocycles. The molecule has 1 aromatic heterocycles. The van der Waals surface area contributed by atoms with Gasteiger partial charge in [-0.3, -0.25) is 4.79 Å². The van der Waals surface area contributed by atoms with Crippen LogP contribution in [-0.4, -0.2) is 16.9 Å². The number of nitrogens with one attached hydrogen (secondary N) is 1. The van der Waals surface area contributed by atoms with E-state index in [4.69, 9.17) is 0 Å². The van der Waals surface area contributed by atoms with Crippen molar-refractivity contribution >= 4 is 11.5 Å². The van der Waals surface area contributed by atoms with Crippen molar-refractivity contribution in [1.82, 2.24) is 4.57 Å². The highest BCUT2D eigenvalue weighted by molar-refractivity contribution is 6.00. The molecule has 0 aliphatic rings. The van der Waals surface area contributed by atoms with Gasteiger partial charge in [0.2, 0.25) is 0 Å². The number of carbonyl (C=O) groups excluding carboxylic acids is 1. The van der Waals surface area contributed by atoms with Crippen molar-refractivity contribution in [2.75, 3.05) is 11.9 Å². The van der Waals surface area contributed by atoms with Gasteiger partial charge in [-0.1, -0.05) is 25.1 Å². The summed E-state index contributed by atoms with van der Waals surface area (Å²) in [5.74, 6) is 0.140. The van der Waals surface area contributed by atoms with Crippen molar-refractivity contribution < 1.29 is 4.79 Å². The number of anilines is 1. The zero-order valence-corrected chi connectivity index (χ0v) is 13.6. The maximum absolute atomic E-state index is 12.4. The van der Waals surface area contributed by atoms with E-state index in [-0.39, 0.29) is 5.78 Å². The lowest BCUT2D eigenvalue weighted by molar-refractivity contribution is 0.101. The van der Waals surface area contributed by atoms with Crippen LogP contribution in [0.1, 0.15) is 39.8 Å². The van der Waals surface area contributed by atoms with E-state index in [1.807, 2.05) is 27.0 Å². The normalized spacial score (nSPS) is 10.7. The van der Waals surface area contributed by atoms with Crippen LogP contribution in [0.2, 0.25) is 0 Å². The number of aryl methyl sites for hydroxylation is 3. The van der Waals surface area contributed by atoms with E-state index in [0.29, 0.717) is 6.54 Å². The fraction of sp³-hybridized carbons (Fsp3) is 0.389. The molecule has 0 radical (unpaired) electrons. The van der Waals surface area contributed by atoms with Crippen LogP contribution >= 0.6 is 0 Å². The first-order chi connectivity index (χ1) is 9.95. The molecule has 2 aromatic rings. The van der Waals surface area contributed by atoms with Gasteiger partial charge in [0.15, 0.2) is 5.78 Å². The maximum atomic E-state index is 12.4. The van der Waals surface area contributed by atoms with Crippen molar-refractivity contribution in [2.24, 2.45) is 7.05 Å². The Hall–Kier alpha value is -2.03. The molecule has 0 amide bonds. The summed E-state index contributed by atoms with van der Waals surface area (Å²) in [5, 5.41) is 3.33. The second-order valence-corrected chi connectivity index (χ2v) is 5.58. The molecule has 1 N–H and O–H groups in total. The van der Waals surface area contributed by atoms with Crippen LogP contribution in [0.5, 0.6) is 0 Å². The van der Waals surface area contributed by atoms with Crippen LogP contribution in [-0.2, 0) is 13.5 Å². The Kier molecular flexibility index (Phi) is 4.51. The summed E-state index contributed by atoms with van der Waals surface area (Å²) >= 11 is 0. The summed E-state index contributed by atoms with van der Waals surface area (Å²) < 4.78 is 2.05. The number of benzene rings is 1. The Morgan fingerprint density at radius 2 is 1.95 bits per heavy atom. The maximum Gasteiger partial charge on any atom is 0.183 e. The summed E-state index contributed by atoms with van der Waals surface area (Å²) in [4.78, 5) is 12.4. The number of aromatic nitrogens is 1. The minimum absolute atomic E-state index is 0.140. The minimum atomic E-state index is 0.140. The average Bonchev–Trinajstić information content (AvgIpc) is 2.73. The first-order valence-electron chi connectivity index (χ1n) is 7.44. The predicted octanol–water partition coefficient (Wildman–Crippen LogP) is 3.81. The summed E-state index contributed by atoms with van der Waals surface area (Å²) in [7, 11) is 1.99. The number of rotatable bonds is 5. The molecule has 0 fully saturated rings. The monoisotopic (exact) mass is 284 g/mol. The van der Waals surface area contributed by atoms with Gasteiger partial charge in [0, 0.05) is 29.7 Å². The third-order valence-electron chi connectivity index (χ3n) is 4.24. The van der Waals surface area contributed by atoms with E-state index in [2.05, 4.69) is 41.9 Å². The van der Waals surface area contributed by atoms with Crippen molar-refractivity contribution in [3.05, 3.63) is 52.3 Å². The van der Waals surface area contributed by atoms with Crippen LogP contribution in [0, 0.1) is 20.8 Å². The standard InChI is InChI=1S/C18H24N2O/c1-6-15-9-7-8-12(2)18(15)19-11-17(21)16-10-13(3)20(5)14(16)4/h7-10,19H,6,11H2,1-5H3. The highest BCUT2D eigenvalue weighted by Gasteiger charge is 2.14. The lowest BCUT2D eigenvalue weighted by atomic mass is 10.1. The van der Waals surface area contributed by atoms with Gasteiger partial charge >= 0.3 is 0 Å². The second kappa shape index (κ2) is 6.17. The SMILES string of the molecule is CCc1cccc(C)c1NCC(=O)c1cc(C)n(C)c1C. The highest BCUT2D eigenvalue weighted by Crippen LogP contribution is 2.21. The fourth-order valence-electron chi connectivity index (χ4n) is 2.68. The smallest absolute Gasteiger partial charge is 0.183 e. The van der Waals surface area contributed by atoms with Gasteiger partial charge in [0.25, 0.3) is 0 Å². The first kappa shape index (κ1) is 15.4. The predicted molar refractivity (Wildman–Crippen MR) is 88.3 cm³/mol. The van der Waals surface area contributed by atoms with E-state index < -0.39 is 0 Å². The van der Waals surface area contributed by atoms with Gasteiger partial charge < -0.3 is 9.88 Å². The molecule has 1 aromatic carbocycles. The third kappa shape index (κ3) is 3.02. The molecule has 0 spiro atoms. The molecule has 3 heteroatoms. The van der Waals surface area contributed by atoms with Crippen molar-refractivity contribution in [3.8, 4) is 0 Å². The van der Waals surface area contributed by atoms with Gasteiger partial charge in [-0.15, -0.1) is 0 Å². The molecular formula is C18H24N2O. The number of hydrogen-bond acceptors (Lipinski definition) is 2. The zero-order valence-electron chi connectivity index (χ0n) is 13.6. The molecule has 2 rings (SSSR count). The number of hydrogen-bond donors (Lipinski definition) is 1. The quantitative estimate of drug-likeness (QED) is 0.847. The topological polar surface area (TPSA) is 34.0 Å². The summed E-state index contributed by atoms with van der Waals surface area (Å²) in [6, 6.07) is 8.21. The van der Waals surface area contributed by atoms with Gasteiger partial charge in [-0.25, -0.2) is 0 Å². The lowest BCUT2D eigenvalue weighted by Gasteiger charge is -2.13. The number of ketones is 1. The van der Waals surface area contributed by atoms with E-state index in [1.165, 1.54) is 11.1 Å². The molecule has 21 heavy (non-hydrogen) atoms. The van der Waals surface area contributed by atoms with E-state index in [1.54, 1.807) is 0 Å². The molecule has 3 nitrogen and oxygen atoms in total. The Morgan fingerprint density at radius 3 is 2.52 bits per heavy atom. The van der Waals surface area contributed by atoms with Gasteiger partial charge in [-0.05, 0) is 44.4 Å². The van der Waals surface area contributed by atoms with E-state index in [0.717, 1.165) is 29.1 Å². The Morgan fingerprint density at radius 1 is 1.24 bits per heavy atom. The zero-order chi connectivity index (χ0) is 15.6. The molecule has 112 valence electrons. The van der Waals surface area contributed by atoms with Crippen molar-refractivity contribution in [1.29, 1.82) is 0 Å². The summed E-state index contributed by atoms with van der Waals surface area (Å²) in [5.41, 5.74) is 6.49. The van der Waals surface area contributed by atoms with Crippen LogP contribution in [0.3, 0.4) is 0 Å². The molecule has 0 aliphatic heterocycles. The number of nitrogens with zero attached hydrogens (tertiary/aromatic N) is 1. The van der Waals surface area contributed by atoms with Crippen LogP contribution in [0.25, 0.3) is 0 Å². The van der Waals surface area contributed by atoms with E-state index in [9.17, 15) is 4.79 Å². The lowest BCUT2D eigenvalue weighted by Crippen LogP contribution is -2.16. The van der Waals surface area contributed by atoms with E-state index >= 15 is 0 Å². The Labute approximate surface area is 127 Å². The Bertz CT molecular complexity index is 668. The van der Waals surface area contributed by atoms with Gasteiger partial charge in [0.05, 0.1) is 6.54 Å². The Balaban J connectivity index is 2.17. The van der Waals surface area contributed by atoms with Gasteiger partial charge in [0.1, 0.15) is 0 Å². The molecule has 0 saturated carbocycles. The highest BCUT2D eigenvalue weighted by atomic mass is 16.1. The number of para-hydroxylation sites is 1. The molecule has 0 saturated heterocycles. The van der Waals surface area contributed by atoms with Crippen LogP contribution < -0.4 is 5.32 Å². The van der Waals surface area contributed by atoms with Crippen LogP contribution in [0.15, 0.2) is 24.3 Å². The average molecular weight is 284 g/mol. The first-order valence-corrected chi connectivity index (χ1v) is 7.44. The third-order valence-corrected chi connectivity index (χ3v) is 4.24. The largest absolute Gasteiger partial charge is 0.377 e. The fourth-order valence-corrected chi connectivity index (χ4v) is 2.68. The van der Waals surface area contributed by atoms with Gasteiger partial charge in [-0.2, -0.15) is 0 Å². The molecule has 0 atom stereocenters. The molecular weight excluding hydrogens is 260 g/mol. The molecule has 0 aliphatic carbocycles. The summed E-state index contributed by atoms with van der Waals surface area (Å²) in [6.07, 6.45) is 0.960. The number of carbonyl (C=O) groups is 1. The minimum Gasteiger partial charge on any atom is -0.377 e. The number of Topliss-reactive ketones (excluding diaryl/α,β-unsaturated/α-hetero) is 1. The second-order valence-electron chi connectivity index (χ2n) is 5.58. The summed E-state index contributed by atoms with van der Waals surface area (Å²) in [6.45, 7) is 8.55. The van der Waals surface area contributed by atoms with Crippen molar-refractivity contribution in [2.45, 2.75) is 34.1 Å². The molecule has 0 bridgehead atoms. The van der Waals surface area contributed by atoms with Crippen LogP contribution in [0.4, 0.5) is 5.69 Å². The molecule has 0 unspecified atom stereocenters.